The highest BCUT2D eigenvalue weighted by Gasteiger charge is 2.08. The molecule has 2 aromatic rings. The SMILES string of the molecule is CC(=O)Nc1ccccc1Oc1cc(N)nc(N)n1. The normalized spacial score (nSPS) is 9.95. The van der Waals surface area contributed by atoms with Crippen molar-refractivity contribution in [3.8, 4) is 11.6 Å². The molecule has 0 aliphatic rings. The molecule has 1 aromatic heterocycles. The van der Waals surface area contributed by atoms with Gasteiger partial charge in [0.25, 0.3) is 0 Å². The third-order valence-corrected chi connectivity index (χ3v) is 2.15. The number of para-hydroxylation sites is 2. The Labute approximate surface area is 109 Å². The third kappa shape index (κ3) is 3.32. The molecule has 0 aliphatic carbocycles. The van der Waals surface area contributed by atoms with Gasteiger partial charge in [-0.1, -0.05) is 12.1 Å². The molecule has 0 atom stereocenters. The van der Waals surface area contributed by atoms with Crippen LogP contribution in [0.3, 0.4) is 0 Å². The Kier molecular flexibility index (Phi) is 3.46. The smallest absolute Gasteiger partial charge is 0.226 e. The number of nitrogens with two attached hydrogens (primary N) is 2. The van der Waals surface area contributed by atoms with Gasteiger partial charge in [-0.2, -0.15) is 9.97 Å². The average molecular weight is 259 g/mol. The summed E-state index contributed by atoms with van der Waals surface area (Å²) in [5.74, 6) is 0.683. The van der Waals surface area contributed by atoms with Gasteiger partial charge in [0.1, 0.15) is 5.82 Å². The molecule has 19 heavy (non-hydrogen) atoms. The maximum atomic E-state index is 11.1. The van der Waals surface area contributed by atoms with Crippen molar-refractivity contribution >= 4 is 23.4 Å². The van der Waals surface area contributed by atoms with Gasteiger partial charge >= 0.3 is 0 Å². The van der Waals surface area contributed by atoms with Gasteiger partial charge in [-0.15, -0.1) is 0 Å². The van der Waals surface area contributed by atoms with E-state index in [4.69, 9.17) is 16.2 Å². The molecule has 1 heterocycles. The first kappa shape index (κ1) is 12.6. The molecule has 0 spiro atoms. The molecule has 5 N–H and O–H groups in total. The highest BCUT2D eigenvalue weighted by molar-refractivity contribution is 5.90. The zero-order valence-corrected chi connectivity index (χ0v) is 10.3. The van der Waals surface area contributed by atoms with Crippen LogP contribution in [-0.2, 0) is 4.79 Å². The number of aromatic nitrogens is 2. The van der Waals surface area contributed by atoms with Crippen molar-refractivity contribution < 1.29 is 9.53 Å². The number of ether oxygens (including phenoxy) is 1. The maximum absolute atomic E-state index is 11.1. The summed E-state index contributed by atoms with van der Waals surface area (Å²) in [5, 5.41) is 2.65. The Hall–Kier alpha value is -2.83. The van der Waals surface area contributed by atoms with Crippen LogP contribution in [0.5, 0.6) is 11.6 Å². The van der Waals surface area contributed by atoms with Gasteiger partial charge in [0.2, 0.25) is 17.7 Å². The summed E-state index contributed by atoms with van der Waals surface area (Å²) in [7, 11) is 0. The number of amides is 1. The molecule has 0 bridgehead atoms. The number of nitrogens with one attached hydrogen (secondary N) is 1. The second-order valence-electron chi connectivity index (χ2n) is 3.77. The molecule has 1 amide bonds. The monoisotopic (exact) mass is 259 g/mol. The number of rotatable bonds is 3. The fourth-order valence-corrected chi connectivity index (χ4v) is 1.47. The quantitative estimate of drug-likeness (QED) is 0.767. The minimum Gasteiger partial charge on any atom is -0.437 e. The van der Waals surface area contributed by atoms with E-state index in [1.165, 1.54) is 13.0 Å². The molecule has 2 rings (SSSR count). The molecular weight excluding hydrogens is 246 g/mol. The largest absolute Gasteiger partial charge is 0.437 e. The van der Waals surface area contributed by atoms with E-state index in [1.807, 2.05) is 0 Å². The van der Waals surface area contributed by atoms with E-state index in [2.05, 4.69) is 15.3 Å². The second kappa shape index (κ2) is 5.21. The van der Waals surface area contributed by atoms with E-state index in [9.17, 15) is 4.79 Å². The predicted octanol–water partition coefficient (Wildman–Crippen LogP) is 1.39. The molecule has 98 valence electrons. The fraction of sp³-hybridized carbons (Fsp3) is 0.0833. The van der Waals surface area contributed by atoms with E-state index in [-0.39, 0.29) is 23.6 Å². The second-order valence-corrected chi connectivity index (χ2v) is 3.77. The van der Waals surface area contributed by atoms with Crippen LogP contribution in [0.4, 0.5) is 17.5 Å². The van der Waals surface area contributed by atoms with Crippen LogP contribution in [0.25, 0.3) is 0 Å². The van der Waals surface area contributed by atoms with Gasteiger partial charge in [-0.3, -0.25) is 4.79 Å². The third-order valence-electron chi connectivity index (χ3n) is 2.15. The Morgan fingerprint density at radius 3 is 2.68 bits per heavy atom. The highest BCUT2D eigenvalue weighted by Crippen LogP contribution is 2.28. The minimum atomic E-state index is -0.197. The van der Waals surface area contributed by atoms with E-state index < -0.39 is 0 Å². The minimum absolute atomic E-state index is 0.0204. The average Bonchev–Trinajstić information content (AvgIpc) is 2.29. The standard InChI is InChI=1S/C12H13N5O2/c1-7(18)15-8-4-2-3-5-9(8)19-11-6-10(13)16-12(14)17-11/h2-6H,1H3,(H,15,18)(H4,13,14,16,17). The van der Waals surface area contributed by atoms with Crippen molar-refractivity contribution in [3.05, 3.63) is 30.3 Å². The number of anilines is 3. The van der Waals surface area contributed by atoms with Gasteiger partial charge in [-0.25, -0.2) is 0 Å². The Balaban J connectivity index is 2.29. The topological polar surface area (TPSA) is 116 Å². The molecule has 0 saturated carbocycles. The number of benzene rings is 1. The molecule has 7 heteroatoms. The number of carbonyl (C=O) groups excluding carboxylic acids is 1. The summed E-state index contributed by atoms with van der Waals surface area (Å²) >= 11 is 0. The van der Waals surface area contributed by atoms with Crippen molar-refractivity contribution in [2.75, 3.05) is 16.8 Å². The number of nitrogens with zero attached hydrogens (tertiary/aromatic N) is 2. The van der Waals surface area contributed by atoms with Crippen molar-refractivity contribution in [2.45, 2.75) is 6.92 Å². The number of hydrogen-bond donors (Lipinski definition) is 3. The number of carbonyl (C=O) groups is 1. The Morgan fingerprint density at radius 2 is 2.00 bits per heavy atom. The lowest BCUT2D eigenvalue weighted by atomic mass is 10.3. The van der Waals surface area contributed by atoms with E-state index >= 15 is 0 Å². The highest BCUT2D eigenvalue weighted by atomic mass is 16.5. The zero-order chi connectivity index (χ0) is 13.8. The zero-order valence-electron chi connectivity index (χ0n) is 10.3. The molecule has 0 radical (unpaired) electrons. The van der Waals surface area contributed by atoms with Gasteiger partial charge in [0, 0.05) is 13.0 Å². The van der Waals surface area contributed by atoms with Gasteiger partial charge in [0.15, 0.2) is 5.75 Å². The van der Waals surface area contributed by atoms with Crippen LogP contribution in [0.2, 0.25) is 0 Å². The molecule has 0 unspecified atom stereocenters. The number of nitrogen functional groups attached to an aromatic ring is 2. The van der Waals surface area contributed by atoms with Crippen LogP contribution in [0.1, 0.15) is 6.92 Å². The first-order chi connectivity index (χ1) is 9.04. The van der Waals surface area contributed by atoms with Crippen molar-refractivity contribution in [3.63, 3.8) is 0 Å². The Morgan fingerprint density at radius 1 is 1.26 bits per heavy atom. The Bertz CT molecular complexity index is 595. The first-order valence-electron chi connectivity index (χ1n) is 5.49. The lowest BCUT2D eigenvalue weighted by molar-refractivity contribution is -0.114. The molecule has 0 saturated heterocycles. The van der Waals surface area contributed by atoms with Crippen molar-refractivity contribution in [1.29, 1.82) is 0 Å². The first-order valence-corrected chi connectivity index (χ1v) is 5.49. The van der Waals surface area contributed by atoms with Crippen LogP contribution < -0.4 is 21.5 Å². The van der Waals surface area contributed by atoms with E-state index in [0.717, 1.165) is 0 Å². The molecule has 0 aliphatic heterocycles. The van der Waals surface area contributed by atoms with E-state index in [1.54, 1.807) is 24.3 Å². The van der Waals surface area contributed by atoms with Gasteiger partial charge < -0.3 is 21.5 Å². The summed E-state index contributed by atoms with van der Waals surface area (Å²) in [5.41, 5.74) is 11.6. The van der Waals surface area contributed by atoms with Crippen molar-refractivity contribution in [1.82, 2.24) is 9.97 Å². The van der Waals surface area contributed by atoms with E-state index in [0.29, 0.717) is 11.4 Å². The summed E-state index contributed by atoms with van der Waals surface area (Å²) in [6.07, 6.45) is 0. The van der Waals surface area contributed by atoms with Crippen LogP contribution >= 0.6 is 0 Å². The van der Waals surface area contributed by atoms with Crippen molar-refractivity contribution in [2.24, 2.45) is 0 Å². The van der Waals surface area contributed by atoms with Gasteiger partial charge in [-0.05, 0) is 12.1 Å². The predicted molar refractivity (Wildman–Crippen MR) is 71.7 cm³/mol. The lowest BCUT2D eigenvalue weighted by Crippen LogP contribution is -2.07. The van der Waals surface area contributed by atoms with Crippen LogP contribution in [0.15, 0.2) is 30.3 Å². The fourth-order valence-electron chi connectivity index (χ4n) is 1.47. The molecule has 1 aromatic carbocycles. The van der Waals surface area contributed by atoms with Gasteiger partial charge in [0.05, 0.1) is 5.69 Å². The van der Waals surface area contributed by atoms with Crippen LogP contribution in [-0.4, -0.2) is 15.9 Å². The summed E-state index contributed by atoms with van der Waals surface area (Å²) in [4.78, 5) is 18.7. The lowest BCUT2D eigenvalue weighted by Gasteiger charge is -2.10. The summed E-state index contributed by atoms with van der Waals surface area (Å²) < 4.78 is 5.55. The van der Waals surface area contributed by atoms with Crippen LogP contribution in [0, 0.1) is 0 Å². The number of hydrogen-bond acceptors (Lipinski definition) is 6. The molecule has 7 nitrogen and oxygen atoms in total. The molecule has 0 fully saturated rings. The maximum Gasteiger partial charge on any atom is 0.226 e. The molecular formula is C12H13N5O2. The summed E-state index contributed by atoms with van der Waals surface area (Å²) in [6, 6.07) is 8.40. The summed E-state index contributed by atoms with van der Waals surface area (Å²) in [6.45, 7) is 1.41.